The lowest BCUT2D eigenvalue weighted by molar-refractivity contribution is -0.141. The average molecular weight is 442 g/mol. The third kappa shape index (κ3) is 5.36. The molecule has 1 aromatic rings. The van der Waals surface area contributed by atoms with Crippen molar-refractivity contribution in [2.75, 3.05) is 13.6 Å². The van der Waals surface area contributed by atoms with Gasteiger partial charge < -0.3 is 15.5 Å². The van der Waals surface area contributed by atoms with E-state index in [9.17, 15) is 18.8 Å². The third-order valence-corrected chi connectivity index (χ3v) is 6.61. The molecule has 0 radical (unpaired) electrons. The molecule has 3 rings (SSSR count). The van der Waals surface area contributed by atoms with Gasteiger partial charge in [-0.1, -0.05) is 24.3 Å². The Bertz CT molecular complexity index is 897. The lowest BCUT2D eigenvalue weighted by atomic mass is 9.79. The van der Waals surface area contributed by atoms with E-state index < -0.39 is 30.2 Å². The summed E-state index contributed by atoms with van der Waals surface area (Å²) in [5.74, 6) is 1.48. The molecule has 5 atom stereocenters. The minimum Gasteiger partial charge on any atom is -0.342 e. The van der Waals surface area contributed by atoms with Crippen LogP contribution in [0.15, 0.2) is 24.3 Å². The van der Waals surface area contributed by atoms with Crippen LogP contribution in [0.3, 0.4) is 0 Å². The molecular formula is C25H32FN3O3. The van der Waals surface area contributed by atoms with Crippen LogP contribution in [0.1, 0.15) is 56.1 Å². The summed E-state index contributed by atoms with van der Waals surface area (Å²) >= 11 is 0. The highest BCUT2D eigenvalue weighted by molar-refractivity contribution is 5.94. The summed E-state index contributed by atoms with van der Waals surface area (Å²) in [5.41, 5.74) is 2.44. The molecule has 7 heteroatoms. The molecule has 172 valence electrons. The van der Waals surface area contributed by atoms with Crippen LogP contribution in [0.25, 0.3) is 0 Å². The van der Waals surface area contributed by atoms with E-state index in [1.54, 1.807) is 14.0 Å². The molecule has 2 N–H and O–H groups in total. The van der Waals surface area contributed by atoms with Crippen molar-refractivity contribution in [3.8, 4) is 12.3 Å². The number of ketones is 1. The Labute approximate surface area is 189 Å². The van der Waals surface area contributed by atoms with Crippen LogP contribution in [0, 0.1) is 12.3 Å². The number of nitrogens with zero attached hydrogens (tertiary/aromatic N) is 1. The van der Waals surface area contributed by atoms with Gasteiger partial charge in [-0.25, -0.2) is 4.39 Å². The molecule has 2 amide bonds. The van der Waals surface area contributed by atoms with Gasteiger partial charge in [-0.05, 0) is 50.3 Å². The zero-order valence-corrected chi connectivity index (χ0v) is 18.8. The monoisotopic (exact) mass is 441 g/mol. The van der Waals surface area contributed by atoms with E-state index in [2.05, 4.69) is 28.7 Å². The number of rotatable bonds is 8. The standard InChI is InChI=1S/C25H32FN3O3/c1-4-8-21(28-24(31)16(2)27-3)25(32)29-15-19(26)14-22(29)23(30)13-18-11-7-10-17-9-5-6-12-20(17)18/h1,5-6,9,12,16,18-19,21-22,27H,7-8,10-11,13-15H2,2-3H3,(H,28,31)/t16-,18-,19-,21-,22-/m0/s1. The molecule has 32 heavy (non-hydrogen) atoms. The fraction of sp³-hybridized carbons (Fsp3) is 0.560. The molecular weight excluding hydrogens is 409 g/mol. The first-order valence-electron chi connectivity index (χ1n) is 11.3. The molecule has 0 saturated carbocycles. The number of nitrogens with one attached hydrogen (secondary N) is 2. The lowest BCUT2D eigenvalue weighted by Gasteiger charge is -2.30. The van der Waals surface area contributed by atoms with Gasteiger partial charge in [-0.15, -0.1) is 12.3 Å². The van der Waals surface area contributed by atoms with Crippen LogP contribution < -0.4 is 10.6 Å². The third-order valence-electron chi connectivity index (χ3n) is 6.61. The molecule has 1 aromatic carbocycles. The van der Waals surface area contributed by atoms with Gasteiger partial charge in [0.1, 0.15) is 12.2 Å². The van der Waals surface area contributed by atoms with Crippen LogP contribution >= 0.6 is 0 Å². The Morgan fingerprint density at radius 2 is 2.06 bits per heavy atom. The second kappa shape index (κ2) is 10.7. The number of terminal acetylenes is 1. The fourth-order valence-electron chi connectivity index (χ4n) is 4.72. The average Bonchev–Trinajstić information content (AvgIpc) is 3.19. The van der Waals surface area contributed by atoms with Crippen molar-refractivity contribution in [1.29, 1.82) is 0 Å². The highest BCUT2D eigenvalue weighted by Gasteiger charge is 2.42. The van der Waals surface area contributed by atoms with Crippen molar-refractivity contribution in [3.63, 3.8) is 0 Å². The summed E-state index contributed by atoms with van der Waals surface area (Å²) in [6.45, 7) is 1.50. The van der Waals surface area contributed by atoms with E-state index >= 15 is 0 Å². The first kappa shape index (κ1) is 23.9. The molecule has 0 unspecified atom stereocenters. The van der Waals surface area contributed by atoms with Gasteiger partial charge in [0.05, 0.1) is 18.6 Å². The SMILES string of the molecule is C#CC[C@H](NC(=O)[C@H](C)NC)C(=O)N1C[C@@H](F)C[C@H]1C(=O)C[C@@H]1CCCc2ccccc21. The number of likely N-dealkylation sites (N-methyl/N-ethyl adjacent to an activating group) is 1. The van der Waals surface area contributed by atoms with Gasteiger partial charge in [-0.2, -0.15) is 0 Å². The summed E-state index contributed by atoms with van der Waals surface area (Å²) in [4.78, 5) is 40.0. The number of likely N-dealkylation sites (tertiary alicyclic amines) is 1. The van der Waals surface area contributed by atoms with Gasteiger partial charge >= 0.3 is 0 Å². The molecule has 6 nitrogen and oxygen atoms in total. The van der Waals surface area contributed by atoms with Crippen LogP contribution in [0.4, 0.5) is 4.39 Å². The van der Waals surface area contributed by atoms with Crippen molar-refractivity contribution in [2.24, 2.45) is 0 Å². The molecule has 0 bridgehead atoms. The zero-order chi connectivity index (χ0) is 23.3. The van der Waals surface area contributed by atoms with E-state index in [1.165, 1.54) is 16.0 Å². The van der Waals surface area contributed by atoms with Crippen LogP contribution in [-0.2, 0) is 20.8 Å². The smallest absolute Gasteiger partial charge is 0.246 e. The van der Waals surface area contributed by atoms with Gasteiger partial charge in [0, 0.05) is 19.3 Å². The minimum absolute atomic E-state index is 0.0113. The highest BCUT2D eigenvalue weighted by Crippen LogP contribution is 2.35. The molecule has 1 aliphatic carbocycles. The van der Waals surface area contributed by atoms with E-state index in [0.717, 1.165) is 19.3 Å². The lowest BCUT2D eigenvalue weighted by Crippen LogP contribution is -2.54. The number of alkyl halides is 1. The Morgan fingerprint density at radius 3 is 2.78 bits per heavy atom. The molecule has 1 heterocycles. The van der Waals surface area contributed by atoms with Crippen LogP contribution in [0.2, 0.25) is 0 Å². The molecule has 0 spiro atoms. The summed E-state index contributed by atoms with van der Waals surface area (Å²) in [5, 5.41) is 5.45. The van der Waals surface area contributed by atoms with E-state index in [1.807, 2.05) is 12.1 Å². The number of aryl methyl sites for hydroxylation is 1. The number of benzene rings is 1. The quantitative estimate of drug-likeness (QED) is 0.606. The van der Waals surface area contributed by atoms with E-state index in [0.29, 0.717) is 0 Å². The minimum atomic E-state index is -1.27. The predicted octanol–water partition coefficient (Wildman–Crippen LogP) is 2.12. The molecule has 1 aliphatic heterocycles. The molecule has 1 fully saturated rings. The number of fused-ring (bicyclic) bond motifs is 1. The second-order valence-corrected chi connectivity index (χ2v) is 8.78. The van der Waals surface area contributed by atoms with Gasteiger partial charge in [0.2, 0.25) is 11.8 Å². The van der Waals surface area contributed by atoms with Gasteiger partial charge in [0.15, 0.2) is 5.78 Å². The number of hydrogen-bond acceptors (Lipinski definition) is 4. The number of hydrogen-bond donors (Lipinski definition) is 2. The molecule has 1 saturated heterocycles. The zero-order valence-electron chi connectivity index (χ0n) is 18.8. The molecule has 0 aromatic heterocycles. The summed E-state index contributed by atoms with van der Waals surface area (Å²) in [6, 6.07) is 5.80. The van der Waals surface area contributed by atoms with Gasteiger partial charge in [0.25, 0.3) is 0 Å². The Hall–Kier alpha value is -2.72. The van der Waals surface area contributed by atoms with Crippen molar-refractivity contribution >= 4 is 17.6 Å². The second-order valence-electron chi connectivity index (χ2n) is 8.78. The number of carbonyl (C=O) groups excluding carboxylic acids is 3. The topological polar surface area (TPSA) is 78.5 Å². The first-order valence-corrected chi connectivity index (χ1v) is 11.3. The van der Waals surface area contributed by atoms with Crippen molar-refractivity contribution in [2.45, 2.75) is 75.7 Å². The first-order chi connectivity index (χ1) is 15.3. The highest BCUT2D eigenvalue weighted by atomic mass is 19.1. The number of halogens is 1. The van der Waals surface area contributed by atoms with Crippen molar-refractivity contribution < 1.29 is 18.8 Å². The summed E-state index contributed by atoms with van der Waals surface area (Å²) < 4.78 is 14.4. The Kier molecular flexibility index (Phi) is 8.03. The Morgan fingerprint density at radius 1 is 1.31 bits per heavy atom. The van der Waals surface area contributed by atoms with E-state index in [-0.39, 0.29) is 43.4 Å². The maximum Gasteiger partial charge on any atom is 0.246 e. The van der Waals surface area contributed by atoms with E-state index in [4.69, 9.17) is 6.42 Å². The van der Waals surface area contributed by atoms with Crippen molar-refractivity contribution in [3.05, 3.63) is 35.4 Å². The molecule has 2 aliphatic rings. The number of carbonyl (C=O) groups is 3. The fourth-order valence-corrected chi connectivity index (χ4v) is 4.72. The van der Waals surface area contributed by atoms with Crippen LogP contribution in [0.5, 0.6) is 0 Å². The van der Waals surface area contributed by atoms with Gasteiger partial charge in [-0.3, -0.25) is 14.4 Å². The van der Waals surface area contributed by atoms with Crippen molar-refractivity contribution in [1.82, 2.24) is 15.5 Å². The largest absolute Gasteiger partial charge is 0.342 e. The normalized spacial score (nSPS) is 24.2. The van der Waals surface area contributed by atoms with Crippen LogP contribution in [-0.4, -0.2) is 60.4 Å². The summed E-state index contributed by atoms with van der Waals surface area (Å²) in [6.07, 6.45) is 7.29. The number of amides is 2. The predicted molar refractivity (Wildman–Crippen MR) is 121 cm³/mol. The maximum absolute atomic E-state index is 14.4. The Balaban J connectivity index is 1.73. The maximum atomic E-state index is 14.4. The summed E-state index contributed by atoms with van der Waals surface area (Å²) in [7, 11) is 1.63. The number of Topliss-reactive ketones (excluding diaryl/α,β-unsaturated/α-hetero) is 1.